The Kier molecular flexibility index (Phi) is 6.45. The number of hydrazine groups is 1. The molecule has 2 aromatic carbocycles. The van der Waals surface area contributed by atoms with E-state index in [0.717, 1.165) is 11.3 Å². The van der Waals surface area contributed by atoms with E-state index in [4.69, 9.17) is 9.47 Å². The van der Waals surface area contributed by atoms with Gasteiger partial charge in [0.15, 0.2) is 0 Å². The molecule has 7 heteroatoms. The summed E-state index contributed by atoms with van der Waals surface area (Å²) in [5.41, 5.74) is 8.47. The SMILES string of the molecule is COc1ccc(CNNc2ccccc2)cc1COCC(F)(F)F. The zero-order valence-electron chi connectivity index (χ0n) is 13.2. The third-order valence-corrected chi connectivity index (χ3v) is 3.17. The zero-order chi connectivity index (χ0) is 17.4. The fourth-order valence-electron chi connectivity index (χ4n) is 2.10. The predicted molar refractivity (Wildman–Crippen MR) is 85.6 cm³/mol. The second-order valence-corrected chi connectivity index (χ2v) is 5.10. The monoisotopic (exact) mass is 340 g/mol. The molecule has 0 aliphatic heterocycles. The quantitative estimate of drug-likeness (QED) is 0.716. The number of benzene rings is 2. The standard InChI is InChI=1S/C17H19F3N2O2/c1-23-16-8-7-13(9-14(16)11-24-12-17(18,19)20)10-21-22-15-5-3-2-4-6-15/h2-9,21-22H,10-12H2,1H3. The third-order valence-electron chi connectivity index (χ3n) is 3.17. The van der Waals surface area contributed by atoms with Crippen molar-refractivity contribution in [1.82, 2.24) is 5.43 Å². The highest BCUT2D eigenvalue weighted by molar-refractivity contribution is 5.41. The number of hydrogen-bond acceptors (Lipinski definition) is 4. The van der Waals surface area contributed by atoms with Gasteiger partial charge >= 0.3 is 6.18 Å². The van der Waals surface area contributed by atoms with Gasteiger partial charge in [0, 0.05) is 17.8 Å². The van der Waals surface area contributed by atoms with Gasteiger partial charge in [-0.3, -0.25) is 0 Å². The van der Waals surface area contributed by atoms with Crippen LogP contribution in [-0.2, 0) is 17.9 Å². The van der Waals surface area contributed by atoms with Gasteiger partial charge in [0.25, 0.3) is 0 Å². The summed E-state index contributed by atoms with van der Waals surface area (Å²) >= 11 is 0. The van der Waals surface area contributed by atoms with E-state index in [1.54, 1.807) is 12.1 Å². The van der Waals surface area contributed by atoms with Crippen LogP contribution in [0.1, 0.15) is 11.1 Å². The summed E-state index contributed by atoms with van der Waals surface area (Å²) in [7, 11) is 1.47. The molecule has 130 valence electrons. The molecule has 2 N–H and O–H groups in total. The van der Waals surface area contributed by atoms with E-state index in [9.17, 15) is 13.2 Å². The lowest BCUT2D eigenvalue weighted by atomic mass is 10.1. The molecule has 0 saturated heterocycles. The fraction of sp³-hybridized carbons (Fsp3) is 0.294. The number of alkyl halides is 3. The van der Waals surface area contributed by atoms with E-state index in [-0.39, 0.29) is 6.61 Å². The van der Waals surface area contributed by atoms with Crippen molar-refractivity contribution in [2.24, 2.45) is 0 Å². The molecule has 0 bridgehead atoms. The van der Waals surface area contributed by atoms with E-state index in [1.807, 2.05) is 36.4 Å². The van der Waals surface area contributed by atoms with Gasteiger partial charge in [-0.25, -0.2) is 5.43 Å². The number of ether oxygens (including phenoxy) is 2. The van der Waals surface area contributed by atoms with Crippen LogP contribution in [0.25, 0.3) is 0 Å². The Morgan fingerprint density at radius 1 is 1.04 bits per heavy atom. The minimum absolute atomic E-state index is 0.164. The molecule has 0 fully saturated rings. The molecule has 0 unspecified atom stereocenters. The van der Waals surface area contributed by atoms with Gasteiger partial charge in [-0.15, -0.1) is 0 Å². The first-order valence-corrected chi connectivity index (χ1v) is 7.32. The average Bonchev–Trinajstić information content (AvgIpc) is 2.55. The Labute approximate surface area is 138 Å². The Hall–Kier alpha value is -2.25. The number of anilines is 1. The van der Waals surface area contributed by atoms with Crippen LogP contribution in [0.3, 0.4) is 0 Å². The minimum atomic E-state index is -4.34. The molecule has 4 nitrogen and oxygen atoms in total. The molecule has 2 rings (SSSR count). The molecular weight excluding hydrogens is 321 g/mol. The number of rotatable bonds is 8. The van der Waals surface area contributed by atoms with Gasteiger partial charge in [0.05, 0.1) is 13.7 Å². The lowest BCUT2D eigenvalue weighted by Gasteiger charge is -2.13. The predicted octanol–water partition coefficient (Wildman–Crippen LogP) is 3.89. The smallest absolute Gasteiger partial charge is 0.411 e. The van der Waals surface area contributed by atoms with Crippen molar-refractivity contribution in [1.29, 1.82) is 0 Å². The van der Waals surface area contributed by atoms with Crippen molar-refractivity contribution < 1.29 is 22.6 Å². The Balaban J connectivity index is 1.92. The van der Waals surface area contributed by atoms with E-state index in [1.165, 1.54) is 7.11 Å². The topological polar surface area (TPSA) is 42.5 Å². The average molecular weight is 340 g/mol. The summed E-state index contributed by atoms with van der Waals surface area (Å²) in [6, 6.07) is 14.9. The molecule has 0 radical (unpaired) electrons. The van der Waals surface area contributed by atoms with E-state index >= 15 is 0 Å². The second-order valence-electron chi connectivity index (χ2n) is 5.10. The molecule has 0 aliphatic rings. The minimum Gasteiger partial charge on any atom is -0.496 e. The summed E-state index contributed by atoms with van der Waals surface area (Å²) < 4.78 is 46.4. The van der Waals surface area contributed by atoms with Crippen LogP contribution in [0.4, 0.5) is 18.9 Å². The first-order chi connectivity index (χ1) is 11.5. The maximum absolute atomic E-state index is 12.2. The van der Waals surface area contributed by atoms with Crippen molar-refractivity contribution >= 4 is 5.69 Å². The lowest BCUT2D eigenvalue weighted by Crippen LogP contribution is -2.21. The number of halogens is 3. The van der Waals surface area contributed by atoms with Crippen LogP contribution < -0.4 is 15.6 Å². The van der Waals surface area contributed by atoms with Crippen LogP contribution in [0.5, 0.6) is 5.75 Å². The normalized spacial score (nSPS) is 11.3. The summed E-state index contributed by atoms with van der Waals surface area (Å²) in [6.45, 7) is -0.956. The first-order valence-electron chi connectivity index (χ1n) is 7.32. The molecule has 0 amide bonds. The van der Waals surface area contributed by atoms with Crippen LogP contribution in [0.15, 0.2) is 48.5 Å². The molecule has 0 aliphatic carbocycles. The maximum atomic E-state index is 12.2. The van der Waals surface area contributed by atoms with Gasteiger partial charge < -0.3 is 14.9 Å². The van der Waals surface area contributed by atoms with Crippen molar-refractivity contribution in [3.63, 3.8) is 0 Å². The van der Waals surface area contributed by atoms with Crippen LogP contribution in [0, 0.1) is 0 Å². The van der Waals surface area contributed by atoms with Gasteiger partial charge in [-0.2, -0.15) is 13.2 Å². The molecule has 0 aromatic heterocycles. The molecular formula is C17H19F3N2O2. The van der Waals surface area contributed by atoms with Crippen LogP contribution >= 0.6 is 0 Å². The molecule has 24 heavy (non-hydrogen) atoms. The number of nitrogens with one attached hydrogen (secondary N) is 2. The molecule has 0 atom stereocenters. The Bertz CT molecular complexity index is 633. The van der Waals surface area contributed by atoms with Gasteiger partial charge in [-0.1, -0.05) is 24.3 Å². The van der Waals surface area contributed by atoms with Gasteiger partial charge in [0.2, 0.25) is 0 Å². The molecule has 0 heterocycles. The number of para-hydroxylation sites is 1. The van der Waals surface area contributed by atoms with Crippen molar-refractivity contribution in [3.05, 3.63) is 59.7 Å². The fourth-order valence-corrected chi connectivity index (χ4v) is 2.10. The second kappa shape index (κ2) is 8.56. The largest absolute Gasteiger partial charge is 0.496 e. The van der Waals surface area contributed by atoms with E-state index in [0.29, 0.717) is 17.9 Å². The van der Waals surface area contributed by atoms with Crippen molar-refractivity contribution in [3.8, 4) is 5.75 Å². The van der Waals surface area contributed by atoms with Crippen LogP contribution in [0.2, 0.25) is 0 Å². The highest BCUT2D eigenvalue weighted by atomic mass is 19.4. The van der Waals surface area contributed by atoms with Gasteiger partial charge in [0.1, 0.15) is 12.4 Å². The summed E-state index contributed by atoms with van der Waals surface area (Å²) in [5, 5.41) is 0. The lowest BCUT2D eigenvalue weighted by molar-refractivity contribution is -0.176. The maximum Gasteiger partial charge on any atom is 0.411 e. The third kappa shape index (κ3) is 6.10. The van der Waals surface area contributed by atoms with Gasteiger partial charge in [-0.05, 0) is 29.8 Å². The number of methoxy groups -OCH3 is 1. The molecule has 0 spiro atoms. The Morgan fingerprint density at radius 2 is 1.79 bits per heavy atom. The molecule has 2 aromatic rings. The molecule has 0 saturated carbocycles. The highest BCUT2D eigenvalue weighted by Gasteiger charge is 2.27. The van der Waals surface area contributed by atoms with E-state index < -0.39 is 12.8 Å². The van der Waals surface area contributed by atoms with Crippen molar-refractivity contribution in [2.75, 3.05) is 19.1 Å². The first kappa shape index (κ1) is 18.1. The highest BCUT2D eigenvalue weighted by Crippen LogP contribution is 2.22. The van der Waals surface area contributed by atoms with E-state index in [2.05, 4.69) is 10.9 Å². The number of hydrogen-bond donors (Lipinski definition) is 2. The summed E-state index contributed by atoms with van der Waals surface area (Å²) in [6.07, 6.45) is -4.34. The summed E-state index contributed by atoms with van der Waals surface area (Å²) in [4.78, 5) is 0. The van der Waals surface area contributed by atoms with Crippen LogP contribution in [-0.4, -0.2) is 19.9 Å². The van der Waals surface area contributed by atoms with Crippen molar-refractivity contribution in [2.45, 2.75) is 19.3 Å². The Morgan fingerprint density at radius 3 is 2.46 bits per heavy atom. The summed E-state index contributed by atoms with van der Waals surface area (Å²) in [5.74, 6) is 0.497. The zero-order valence-corrected chi connectivity index (χ0v) is 13.2.